The molecular weight excluding hydrogens is 433 g/mol. The van der Waals surface area contributed by atoms with Crippen LogP contribution in [-0.4, -0.2) is 59.1 Å². The highest BCUT2D eigenvalue weighted by atomic mass is 127. The Balaban J connectivity index is 0.00000225. The van der Waals surface area contributed by atoms with Crippen LogP contribution in [0.1, 0.15) is 5.69 Å². The number of ether oxygens (including phenoxy) is 1. The molecule has 0 saturated carbocycles. The zero-order chi connectivity index (χ0) is 16.8. The van der Waals surface area contributed by atoms with Gasteiger partial charge in [-0.15, -0.1) is 24.0 Å². The van der Waals surface area contributed by atoms with Crippen LogP contribution in [0, 0.1) is 0 Å². The molecular formula is C16H22IN7O. The molecule has 3 rings (SSSR count). The van der Waals surface area contributed by atoms with Gasteiger partial charge in [0.1, 0.15) is 5.75 Å². The number of methoxy groups -OCH3 is 1. The average molecular weight is 455 g/mol. The van der Waals surface area contributed by atoms with E-state index in [0.717, 1.165) is 43.6 Å². The van der Waals surface area contributed by atoms with E-state index in [9.17, 15) is 0 Å². The number of piperazine rings is 1. The van der Waals surface area contributed by atoms with Crippen LogP contribution in [0.2, 0.25) is 0 Å². The highest BCUT2D eigenvalue weighted by Gasteiger charge is 2.19. The lowest BCUT2D eigenvalue weighted by Gasteiger charge is -2.35. The lowest BCUT2D eigenvalue weighted by atomic mass is 10.3. The van der Waals surface area contributed by atoms with Gasteiger partial charge in [-0.05, 0) is 18.2 Å². The van der Waals surface area contributed by atoms with Crippen molar-refractivity contribution in [3.05, 3.63) is 42.5 Å². The average Bonchev–Trinajstić information content (AvgIpc) is 2.67. The number of nitrogens with zero attached hydrogens (tertiary/aromatic N) is 6. The van der Waals surface area contributed by atoms with Gasteiger partial charge in [0.2, 0.25) is 5.95 Å². The molecule has 0 spiro atoms. The van der Waals surface area contributed by atoms with Crippen LogP contribution in [0.3, 0.4) is 0 Å². The first-order valence-corrected chi connectivity index (χ1v) is 7.82. The van der Waals surface area contributed by atoms with Crippen LogP contribution in [0.15, 0.2) is 41.8 Å². The number of rotatable bonds is 4. The molecule has 0 unspecified atom stereocenters. The molecule has 2 N–H and O–H groups in total. The van der Waals surface area contributed by atoms with Gasteiger partial charge in [-0.2, -0.15) is 0 Å². The van der Waals surface area contributed by atoms with Crippen LogP contribution in [0.25, 0.3) is 0 Å². The summed E-state index contributed by atoms with van der Waals surface area (Å²) in [7, 11) is 1.62. The summed E-state index contributed by atoms with van der Waals surface area (Å²) in [5.74, 6) is 2.03. The Bertz CT molecular complexity index is 673. The number of hydrogen-bond acceptors (Lipinski definition) is 6. The molecule has 3 heterocycles. The Kier molecular flexibility index (Phi) is 7.16. The van der Waals surface area contributed by atoms with Gasteiger partial charge in [-0.25, -0.2) is 15.0 Å². The lowest BCUT2D eigenvalue weighted by Crippen LogP contribution is -2.51. The van der Waals surface area contributed by atoms with Crippen molar-refractivity contribution in [3.8, 4) is 5.75 Å². The second-order valence-electron chi connectivity index (χ2n) is 5.39. The molecule has 0 aromatic carbocycles. The predicted molar refractivity (Wildman–Crippen MR) is 107 cm³/mol. The van der Waals surface area contributed by atoms with E-state index in [-0.39, 0.29) is 24.0 Å². The first-order chi connectivity index (χ1) is 11.8. The monoisotopic (exact) mass is 455 g/mol. The minimum absolute atomic E-state index is 0. The van der Waals surface area contributed by atoms with Crippen LogP contribution in [0.5, 0.6) is 5.75 Å². The van der Waals surface area contributed by atoms with Gasteiger partial charge in [0.15, 0.2) is 5.96 Å². The Morgan fingerprint density at radius 1 is 1.16 bits per heavy atom. The summed E-state index contributed by atoms with van der Waals surface area (Å²) in [6.07, 6.45) is 5.19. The second-order valence-corrected chi connectivity index (χ2v) is 5.39. The van der Waals surface area contributed by atoms with Gasteiger partial charge in [0.05, 0.1) is 25.5 Å². The van der Waals surface area contributed by atoms with E-state index < -0.39 is 0 Å². The molecule has 0 atom stereocenters. The number of guanidine groups is 1. The number of halogens is 1. The maximum atomic E-state index is 6.11. The summed E-state index contributed by atoms with van der Waals surface area (Å²) in [4.78, 5) is 21.5. The van der Waals surface area contributed by atoms with Crippen molar-refractivity contribution in [2.75, 3.05) is 38.2 Å². The molecule has 0 radical (unpaired) electrons. The quantitative estimate of drug-likeness (QED) is 0.420. The van der Waals surface area contributed by atoms with Gasteiger partial charge in [0.25, 0.3) is 0 Å². The maximum absolute atomic E-state index is 6.11. The van der Waals surface area contributed by atoms with E-state index in [1.165, 1.54) is 0 Å². The predicted octanol–water partition coefficient (Wildman–Crippen LogP) is 1.14. The molecule has 2 aromatic heterocycles. The summed E-state index contributed by atoms with van der Waals surface area (Å²) in [5, 5.41) is 0. The molecule has 0 aliphatic carbocycles. The van der Waals surface area contributed by atoms with E-state index in [2.05, 4.69) is 29.7 Å². The number of nitrogens with two attached hydrogens (primary N) is 1. The Labute approximate surface area is 164 Å². The van der Waals surface area contributed by atoms with Crippen LogP contribution >= 0.6 is 24.0 Å². The normalized spacial score (nSPS) is 14.8. The summed E-state index contributed by atoms with van der Waals surface area (Å²) < 4.78 is 5.09. The molecule has 0 bridgehead atoms. The SMILES string of the molecule is COc1ccc(CN=C(N)N2CCN(c3ncccn3)CC2)nc1.I. The van der Waals surface area contributed by atoms with E-state index in [0.29, 0.717) is 12.5 Å². The summed E-state index contributed by atoms with van der Waals surface area (Å²) in [5.41, 5.74) is 6.97. The molecule has 8 nitrogen and oxygen atoms in total. The van der Waals surface area contributed by atoms with Crippen molar-refractivity contribution in [1.29, 1.82) is 0 Å². The van der Waals surface area contributed by atoms with Crippen LogP contribution < -0.4 is 15.4 Å². The zero-order valence-electron chi connectivity index (χ0n) is 14.1. The molecule has 2 aromatic rings. The number of hydrogen-bond donors (Lipinski definition) is 1. The summed E-state index contributed by atoms with van der Waals surface area (Å²) >= 11 is 0. The van der Waals surface area contributed by atoms with E-state index in [1.807, 2.05) is 18.2 Å². The van der Waals surface area contributed by atoms with Crippen molar-refractivity contribution in [3.63, 3.8) is 0 Å². The fourth-order valence-electron chi connectivity index (χ4n) is 2.48. The van der Waals surface area contributed by atoms with Crippen molar-refractivity contribution in [1.82, 2.24) is 19.9 Å². The van der Waals surface area contributed by atoms with Gasteiger partial charge in [-0.3, -0.25) is 4.98 Å². The third-order valence-electron chi connectivity index (χ3n) is 3.88. The molecule has 0 amide bonds. The molecule has 1 aliphatic heterocycles. The fraction of sp³-hybridized carbons (Fsp3) is 0.375. The maximum Gasteiger partial charge on any atom is 0.225 e. The van der Waals surface area contributed by atoms with E-state index in [4.69, 9.17) is 10.5 Å². The topological polar surface area (TPSA) is 92.8 Å². The van der Waals surface area contributed by atoms with E-state index in [1.54, 1.807) is 25.7 Å². The Morgan fingerprint density at radius 2 is 1.88 bits per heavy atom. The molecule has 1 fully saturated rings. The van der Waals surface area contributed by atoms with Crippen LogP contribution in [0.4, 0.5) is 5.95 Å². The number of anilines is 1. The van der Waals surface area contributed by atoms with Gasteiger partial charge < -0.3 is 20.3 Å². The molecule has 134 valence electrons. The zero-order valence-corrected chi connectivity index (χ0v) is 16.4. The Morgan fingerprint density at radius 3 is 2.48 bits per heavy atom. The highest BCUT2D eigenvalue weighted by molar-refractivity contribution is 14.0. The first-order valence-electron chi connectivity index (χ1n) is 7.82. The summed E-state index contributed by atoms with van der Waals surface area (Å²) in [6, 6.07) is 5.57. The third-order valence-corrected chi connectivity index (χ3v) is 3.88. The van der Waals surface area contributed by atoms with Gasteiger partial charge in [0, 0.05) is 38.6 Å². The lowest BCUT2D eigenvalue weighted by molar-refractivity contribution is 0.378. The minimum Gasteiger partial charge on any atom is -0.495 e. The van der Waals surface area contributed by atoms with Gasteiger partial charge >= 0.3 is 0 Å². The minimum atomic E-state index is 0. The fourth-order valence-corrected chi connectivity index (χ4v) is 2.48. The first kappa shape index (κ1) is 19.2. The van der Waals surface area contributed by atoms with Crippen molar-refractivity contribution in [2.24, 2.45) is 10.7 Å². The highest BCUT2D eigenvalue weighted by Crippen LogP contribution is 2.11. The molecule has 1 saturated heterocycles. The smallest absolute Gasteiger partial charge is 0.225 e. The Hall–Kier alpha value is -2.17. The van der Waals surface area contributed by atoms with Crippen LogP contribution in [-0.2, 0) is 6.54 Å². The second kappa shape index (κ2) is 9.35. The van der Waals surface area contributed by atoms with Crippen molar-refractivity contribution >= 4 is 35.9 Å². The largest absolute Gasteiger partial charge is 0.495 e. The van der Waals surface area contributed by atoms with Gasteiger partial charge in [-0.1, -0.05) is 0 Å². The van der Waals surface area contributed by atoms with E-state index >= 15 is 0 Å². The third kappa shape index (κ3) is 5.15. The number of aromatic nitrogens is 3. The summed E-state index contributed by atoms with van der Waals surface area (Å²) in [6.45, 7) is 3.69. The van der Waals surface area contributed by atoms with Crippen molar-refractivity contribution < 1.29 is 4.74 Å². The van der Waals surface area contributed by atoms with Crippen molar-refractivity contribution in [2.45, 2.75) is 6.54 Å². The number of pyridine rings is 1. The molecule has 25 heavy (non-hydrogen) atoms. The molecule has 9 heteroatoms. The standard InChI is InChI=1S/C16H21N7O.HI/c1-24-14-4-3-13(20-12-14)11-21-15(17)22-7-9-23(10-8-22)16-18-5-2-6-19-16;/h2-6,12H,7-11H2,1H3,(H2,17,21);1H. The molecule has 1 aliphatic rings. The number of aliphatic imine (C=N–C) groups is 1.